The molecule has 1 aliphatic rings. The number of allylic oxidation sites excluding steroid dienone is 4. The van der Waals surface area contributed by atoms with E-state index in [1.54, 1.807) is 16.7 Å². The summed E-state index contributed by atoms with van der Waals surface area (Å²) < 4.78 is 0. The van der Waals surface area contributed by atoms with Gasteiger partial charge in [0.25, 0.3) is 0 Å². The first-order chi connectivity index (χ1) is 7.30. The molecule has 0 aromatic heterocycles. The molecular weight excluding hydrogens is 192 g/mol. The first-order valence-corrected chi connectivity index (χ1v) is 6.67. The Morgan fingerprint density at radius 1 is 1.06 bits per heavy atom. The zero-order valence-electron chi connectivity index (χ0n) is 12.2. The second-order valence-electron chi connectivity index (χ2n) is 6.27. The van der Waals surface area contributed by atoms with Crippen LogP contribution in [0.1, 0.15) is 67.7 Å². The van der Waals surface area contributed by atoms with Crippen molar-refractivity contribution in [3.05, 3.63) is 22.8 Å². The molecule has 0 radical (unpaired) electrons. The average Bonchev–Trinajstić information content (AvgIpc) is 2.50. The van der Waals surface area contributed by atoms with E-state index in [4.69, 9.17) is 0 Å². The molecule has 0 unspecified atom stereocenters. The van der Waals surface area contributed by atoms with Crippen LogP contribution in [0.3, 0.4) is 0 Å². The summed E-state index contributed by atoms with van der Waals surface area (Å²) in [6, 6.07) is 0. The van der Waals surface area contributed by atoms with E-state index in [1.807, 2.05) is 0 Å². The predicted octanol–water partition coefficient (Wildman–Crippen LogP) is 5.51. The first-order valence-electron chi connectivity index (χ1n) is 6.67. The van der Waals surface area contributed by atoms with Crippen LogP contribution in [0.4, 0.5) is 0 Å². The lowest BCUT2D eigenvalue weighted by atomic mass is 9.58. The van der Waals surface area contributed by atoms with Gasteiger partial charge in [-0.25, -0.2) is 0 Å². The molecule has 0 bridgehead atoms. The van der Waals surface area contributed by atoms with Crippen LogP contribution in [0.5, 0.6) is 0 Å². The van der Waals surface area contributed by atoms with Gasteiger partial charge in [-0.1, -0.05) is 46.3 Å². The Labute approximate surface area is 102 Å². The lowest BCUT2D eigenvalue weighted by molar-refractivity contribution is 0.121. The second-order valence-corrected chi connectivity index (χ2v) is 6.27. The van der Waals surface area contributed by atoms with E-state index in [0.29, 0.717) is 10.8 Å². The van der Waals surface area contributed by atoms with Crippen molar-refractivity contribution in [2.24, 2.45) is 10.8 Å². The van der Waals surface area contributed by atoms with Crippen molar-refractivity contribution in [1.29, 1.82) is 0 Å². The topological polar surface area (TPSA) is 0 Å². The van der Waals surface area contributed by atoms with Crippen molar-refractivity contribution >= 4 is 0 Å². The molecule has 1 rings (SSSR count). The molecule has 0 saturated carbocycles. The third-order valence-electron chi connectivity index (χ3n) is 4.81. The molecule has 0 amide bonds. The molecule has 0 heteroatoms. The minimum atomic E-state index is 0.341. The summed E-state index contributed by atoms with van der Waals surface area (Å²) in [5, 5.41) is 0. The molecule has 16 heavy (non-hydrogen) atoms. The molecule has 0 atom stereocenters. The Kier molecular flexibility index (Phi) is 3.72. The summed E-state index contributed by atoms with van der Waals surface area (Å²) in [5.74, 6) is 0. The van der Waals surface area contributed by atoms with Gasteiger partial charge in [0.2, 0.25) is 0 Å². The van der Waals surface area contributed by atoms with Crippen LogP contribution >= 0.6 is 0 Å². The van der Waals surface area contributed by atoms with E-state index in [0.717, 1.165) is 0 Å². The largest absolute Gasteiger partial charge is 0.0764 e. The van der Waals surface area contributed by atoms with Crippen molar-refractivity contribution in [1.82, 2.24) is 0 Å². The van der Waals surface area contributed by atoms with E-state index in [-0.39, 0.29) is 0 Å². The summed E-state index contributed by atoms with van der Waals surface area (Å²) in [7, 11) is 0. The molecule has 1 aliphatic carbocycles. The number of hydrogen-bond acceptors (Lipinski definition) is 0. The SMILES string of the molecule is CCC(CC)(C1=CCC(C)=C1C)C(C)(C)C. The normalized spacial score (nSPS) is 18.1. The molecule has 0 saturated heterocycles. The predicted molar refractivity (Wildman–Crippen MR) is 73.5 cm³/mol. The number of rotatable bonds is 3. The van der Waals surface area contributed by atoms with Crippen molar-refractivity contribution in [3.8, 4) is 0 Å². The van der Waals surface area contributed by atoms with Crippen LogP contribution in [-0.2, 0) is 0 Å². The summed E-state index contributed by atoms with van der Waals surface area (Å²) in [6.45, 7) is 16.4. The van der Waals surface area contributed by atoms with Crippen molar-refractivity contribution in [2.45, 2.75) is 67.7 Å². The van der Waals surface area contributed by atoms with Crippen LogP contribution < -0.4 is 0 Å². The van der Waals surface area contributed by atoms with Gasteiger partial charge < -0.3 is 0 Å². The van der Waals surface area contributed by atoms with Gasteiger partial charge in [-0.3, -0.25) is 0 Å². The zero-order valence-corrected chi connectivity index (χ0v) is 12.2. The second kappa shape index (κ2) is 4.39. The maximum atomic E-state index is 2.48. The van der Waals surface area contributed by atoms with Crippen LogP contribution in [0.25, 0.3) is 0 Å². The van der Waals surface area contributed by atoms with E-state index in [2.05, 4.69) is 54.5 Å². The highest BCUT2D eigenvalue weighted by Gasteiger charge is 2.43. The fourth-order valence-electron chi connectivity index (χ4n) is 3.44. The van der Waals surface area contributed by atoms with Gasteiger partial charge in [0.15, 0.2) is 0 Å². The average molecular weight is 220 g/mol. The van der Waals surface area contributed by atoms with Gasteiger partial charge in [-0.15, -0.1) is 0 Å². The van der Waals surface area contributed by atoms with Crippen molar-refractivity contribution < 1.29 is 0 Å². The maximum Gasteiger partial charge on any atom is -0.000419 e. The molecule has 0 aromatic rings. The highest BCUT2D eigenvalue weighted by Crippen LogP contribution is 2.54. The highest BCUT2D eigenvalue weighted by molar-refractivity contribution is 5.45. The van der Waals surface area contributed by atoms with Crippen LogP contribution in [-0.4, -0.2) is 0 Å². The lowest BCUT2D eigenvalue weighted by Gasteiger charge is -2.46. The molecule has 0 N–H and O–H groups in total. The molecule has 0 spiro atoms. The third kappa shape index (κ3) is 1.87. The quantitative estimate of drug-likeness (QED) is 0.588. The molecule has 0 aromatic carbocycles. The Morgan fingerprint density at radius 3 is 1.81 bits per heavy atom. The van der Waals surface area contributed by atoms with E-state index < -0.39 is 0 Å². The molecule has 0 aliphatic heterocycles. The summed E-state index contributed by atoms with van der Waals surface area (Å²) in [6.07, 6.45) is 6.12. The fraction of sp³-hybridized carbons (Fsp3) is 0.750. The van der Waals surface area contributed by atoms with Crippen LogP contribution in [0.2, 0.25) is 0 Å². The highest BCUT2D eigenvalue weighted by atomic mass is 14.5. The summed E-state index contributed by atoms with van der Waals surface area (Å²) in [5.41, 5.74) is 5.44. The minimum Gasteiger partial charge on any atom is -0.0764 e. The lowest BCUT2D eigenvalue weighted by Crippen LogP contribution is -2.36. The molecule has 0 heterocycles. The Balaban J connectivity index is 3.25. The molecule has 0 nitrogen and oxygen atoms in total. The Bertz CT molecular complexity index is 316. The Hall–Kier alpha value is -0.520. The van der Waals surface area contributed by atoms with Gasteiger partial charge in [0, 0.05) is 0 Å². The smallest absolute Gasteiger partial charge is 0.000419 e. The van der Waals surface area contributed by atoms with Gasteiger partial charge in [-0.2, -0.15) is 0 Å². The standard InChI is InChI=1S/C16H28/c1-8-16(9-2,15(5,6)7)14-11-10-12(3)13(14)4/h11H,8-10H2,1-7H3. The molecule has 92 valence electrons. The number of hydrogen-bond donors (Lipinski definition) is 0. The van der Waals surface area contributed by atoms with Gasteiger partial charge >= 0.3 is 0 Å². The van der Waals surface area contributed by atoms with Crippen molar-refractivity contribution in [3.63, 3.8) is 0 Å². The zero-order chi connectivity index (χ0) is 12.6. The summed E-state index contributed by atoms with van der Waals surface area (Å²) >= 11 is 0. The van der Waals surface area contributed by atoms with Gasteiger partial charge in [-0.05, 0) is 55.1 Å². The Morgan fingerprint density at radius 2 is 1.56 bits per heavy atom. The maximum absolute atomic E-state index is 2.48. The monoisotopic (exact) mass is 220 g/mol. The van der Waals surface area contributed by atoms with Crippen molar-refractivity contribution in [2.75, 3.05) is 0 Å². The molecular formula is C16H28. The van der Waals surface area contributed by atoms with Gasteiger partial charge in [0.05, 0.1) is 0 Å². The van der Waals surface area contributed by atoms with E-state index >= 15 is 0 Å². The van der Waals surface area contributed by atoms with Crippen LogP contribution in [0.15, 0.2) is 22.8 Å². The fourth-order valence-corrected chi connectivity index (χ4v) is 3.44. The van der Waals surface area contributed by atoms with E-state index in [9.17, 15) is 0 Å². The third-order valence-corrected chi connectivity index (χ3v) is 4.81. The van der Waals surface area contributed by atoms with Gasteiger partial charge in [0.1, 0.15) is 0 Å². The first kappa shape index (κ1) is 13.5. The summed E-state index contributed by atoms with van der Waals surface area (Å²) in [4.78, 5) is 0. The minimum absolute atomic E-state index is 0.341. The molecule has 0 fully saturated rings. The van der Waals surface area contributed by atoms with Crippen LogP contribution in [0, 0.1) is 10.8 Å². The van der Waals surface area contributed by atoms with E-state index in [1.165, 1.54) is 19.3 Å².